The lowest BCUT2D eigenvalue weighted by Gasteiger charge is -1.85. The molecule has 67 valence electrons. The van der Waals surface area contributed by atoms with Crippen LogP contribution < -0.4 is 0 Å². The second-order valence-corrected chi connectivity index (χ2v) is 2.48. The lowest BCUT2D eigenvalue weighted by atomic mass is 10.2. The van der Waals surface area contributed by atoms with Crippen molar-refractivity contribution in [1.29, 1.82) is 0 Å². The highest BCUT2D eigenvalue weighted by Crippen LogP contribution is 1.94. The molecule has 0 aliphatic heterocycles. The monoisotopic (exact) mass is 157 g/mol. The number of hydrogen-bond donors (Lipinski definition) is 0. The molecule has 11 heavy (non-hydrogen) atoms. The van der Waals surface area contributed by atoms with Crippen molar-refractivity contribution in [3.05, 3.63) is 6.42 Å². The Morgan fingerprint density at radius 3 is 2.00 bits per heavy atom. The van der Waals surface area contributed by atoms with Gasteiger partial charge in [0.2, 0.25) is 0 Å². The quantitative estimate of drug-likeness (QED) is 0.441. The van der Waals surface area contributed by atoms with Crippen LogP contribution in [0.15, 0.2) is 0 Å². The molecular formula is C10H21O. The predicted molar refractivity (Wildman–Crippen MR) is 50.5 cm³/mol. The van der Waals surface area contributed by atoms with E-state index in [4.69, 9.17) is 0 Å². The summed E-state index contributed by atoms with van der Waals surface area (Å²) in [4.78, 5) is 9.68. The molecule has 0 aromatic carbocycles. The summed E-state index contributed by atoms with van der Waals surface area (Å²) in [7, 11) is 0. The Morgan fingerprint density at radius 1 is 1.18 bits per heavy atom. The number of carbonyl (C=O) groups excluding carboxylic acids is 1. The maximum absolute atomic E-state index is 9.68. The van der Waals surface area contributed by atoms with E-state index in [2.05, 4.69) is 27.2 Å². The maximum atomic E-state index is 9.68. The molecule has 0 unspecified atom stereocenters. The van der Waals surface area contributed by atoms with Crippen LogP contribution in [0.4, 0.5) is 0 Å². The fourth-order valence-corrected chi connectivity index (χ4v) is 0.478. The minimum absolute atomic E-state index is 0.744. The zero-order chi connectivity index (χ0) is 8.95. The third-order valence-corrected chi connectivity index (χ3v) is 1.33. The van der Waals surface area contributed by atoms with Crippen molar-refractivity contribution < 1.29 is 4.79 Å². The van der Waals surface area contributed by atoms with Crippen molar-refractivity contribution in [3.8, 4) is 0 Å². The van der Waals surface area contributed by atoms with Crippen LogP contribution in [0.3, 0.4) is 0 Å². The Kier molecular flexibility index (Phi) is 19.7. The van der Waals surface area contributed by atoms with Gasteiger partial charge in [-0.3, -0.25) is 0 Å². The number of unbranched alkanes of at least 4 members (excludes halogenated alkanes) is 4. The SMILES string of the molecule is CCCCCC=O.C[CH]CC. The molecule has 0 spiro atoms. The van der Waals surface area contributed by atoms with Crippen molar-refractivity contribution in [3.63, 3.8) is 0 Å². The van der Waals surface area contributed by atoms with Crippen LogP contribution in [-0.2, 0) is 4.79 Å². The summed E-state index contributed by atoms with van der Waals surface area (Å²) in [6.45, 7) is 6.31. The molecule has 1 heteroatoms. The third kappa shape index (κ3) is 26.1. The fourth-order valence-electron chi connectivity index (χ4n) is 0.478. The van der Waals surface area contributed by atoms with Crippen LogP contribution in [-0.4, -0.2) is 6.29 Å². The van der Waals surface area contributed by atoms with Crippen molar-refractivity contribution in [2.24, 2.45) is 0 Å². The van der Waals surface area contributed by atoms with Gasteiger partial charge in [0.05, 0.1) is 0 Å². The molecule has 0 fully saturated rings. The highest BCUT2D eigenvalue weighted by atomic mass is 16.1. The summed E-state index contributed by atoms with van der Waals surface area (Å²) in [5.74, 6) is 0. The van der Waals surface area contributed by atoms with E-state index in [9.17, 15) is 4.79 Å². The molecule has 0 saturated heterocycles. The molecule has 0 heterocycles. The van der Waals surface area contributed by atoms with Crippen molar-refractivity contribution in [2.75, 3.05) is 0 Å². The van der Waals surface area contributed by atoms with E-state index in [-0.39, 0.29) is 0 Å². The van der Waals surface area contributed by atoms with Gasteiger partial charge in [-0.05, 0) is 12.8 Å². The molecular weight excluding hydrogens is 136 g/mol. The first kappa shape index (κ1) is 13.3. The second-order valence-electron chi connectivity index (χ2n) is 2.48. The lowest BCUT2D eigenvalue weighted by molar-refractivity contribution is -0.107. The van der Waals surface area contributed by atoms with Gasteiger partial charge in [0.1, 0.15) is 6.29 Å². The summed E-state index contributed by atoms with van der Waals surface area (Å²) in [5.41, 5.74) is 0. The van der Waals surface area contributed by atoms with Crippen molar-refractivity contribution in [2.45, 2.75) is 52.9 Å². The number of aldehydes is 1. The van der Waals surface area contributed by atoms with Crippen molar-refractivity contribution in [1.82, 2.24) is 0 Å². The summed E-state index contributed by atoms with van der Waals surface area (Å²) < 4.78 is 0. The summed E-state index contributed by atoms with van der Waals surface area (Å²) in [6.07, 6.45) is 8.51. The lowest BCUT2D eigenvalue weighted by Crippen LogP contribution is -1.73. The molecule has 1 nitrogen and oxygen atoms in total. The first-order valence-electron chi connectivity index (χ1n) is 4.54. The molecule has 0 saturated carbocycles. The van der Waals surface area contributed by atoms with Crippen LogP contribution >= 0.6 is 0 Å². The number of rotatable bonds is 5. The average molecular weight is 157 g/mol. The molecule has 0 aromatic heterocycles. The third-order valence-electron chi connectivity index (χ3n) is 1.33. The van der Waals surface area contributed by atoms with Crippen LogP contribution in [0.5, 0.6) is 0 Å². The average Bonchev–Trinajstić information content (AvgIpc) is 2.06. The molecule has 0 aliphatic rings. The van der Waals surface area contributed by atoms with Gasteiger partial charge in [0, 0.05) is 6.42 Å². The Labute approximate surface area is 71.2 Å². The van der Waals surface area contributed by atoms with Gasteiger partial charge in [-0.15, -0.1) is 0 Å². The molecule has 0 N–H and O–H groups in total. The van der Waals surface area contributed by atoms with Gasteiger partial charge in [-0.25, -0.2) is 0 Å². The molecule has 0 rings (SSSR count). The van der Waals surface area contributed by atoms with Gasteiger partial charge >= 0.3 is 0 Å². The zero-order valence-electron chi connectivity index (χ0n) is 8.10. The second kappa shape index (κ2) is 16.3. The first-order valence-corrected chi connectivity index (χ1v) is 4.54. The Morgan fingerprint density at radius 2 is 1.73 bits per heavy atom. The van der Waals surface area contributed by atoms with E-state index in [0.29, 0.717) is 0 Å². The predicted octanol–water partition coefficient (Wildman–Crippen LogP) is 3.39. The minimum atomic E-state index is 0.744. The summed E-state index contributed by atoms with van der Waals surface area (Å²) in [6, 6.07) is 0. The van der Waals surface area contributed by atoms with E-state index < -0.39 is 0 Å². The minimum Gasteiger partial charge on any atom is -0.303 e. The van der Waals surface area contributed by atoms with Gasteiger partial charge in [0.15, 0.2) is 0 Å². The first-order chi connectivity index (χ1) is 5.33. The van der Waals surface area contributed by atoms with Crippen LogP contribution in [0.25, 0.3) is 0 Å². The molecule has 0 aliphatic carbocycles. The normalized spacial score (nSPS) is 8.27. The highest BCUT2D eigenvalue weighted by molar-refractivity contribution is 5.48. The molecule has 1 radical (unpaired) electrons. The molecule has 0 bridgehead atoms. The smallest absolute Gasteiger partial charge is 0.119 e. The van der Waals surface area contributed by atoms with Crippen LogP contribution in [0.2, 0.25) is 0 Å². The van der Waals surface area contributed by atoms with Crippen LogP contribution in [0, 0.1) is 6.42 Å². The largest absolute Gasteiger partial charge is 0.303 e. The van der Waals surface area contributed by atoms with E-state index in [1.807, 2.05) is 0 Å². The number of hydrogen-bond acceptors (Lipinski definition) is 1. The van der Waals surface area contributed by atoms with Crippen molar-refractivity contribution >= 4 is 6.29 Å². The summed E-state index contributed by atoms with van der Waals surface area (Å²) in [5, 5.41) is 0. The maximum Gasteiger partial charge on any atom is 0.119 e. The molecule has 0 amide bonds. The summed E-state index contributed by atoms with van der Waals surface area (Å²) >= 11 is 0. The zero-order valence-corrected chi connectivity index (χ0v) is 8.10. The number of carbonyl (C=O) groups is 1. The fraction of sp³-hybridized carbons (Fsp3) is 0.800. The van der Waals surface area contributed by atoms with Gasteiger partial charge in [0.25, 0.3) is 0 Å². The van der Waals surface area contributed by atoms with E-state index in [1.165, 1.54) is 19.3 Å². The van der Waals surface area contributed by atoms with Gasteiger partial charge < -0.3 is 4.79 Å². The van der Waals surface area contributed by atoms with Crippen LogP contribution in [0.1, 0.15) is 52.9 Å². The Bertz CT molecular complexity index is 57.9. The van der Waals surface area contributed by atoms with Gasteiger partial charge in [-0.2, -0.15) is 0 Å². The molecule has 0 atom stereocenters. The topological polar surface area (TPSA) is 17.1 Å². The molecule has 0 aromatic rings. The highest BCUT2D eigenvalue weighted by Gasteiger charge is 1.80. The van der Waals surface area contributed by atoms with E-state index >= 15 is 0 Å². The Hall–Kier alpha value is -0.330. The van der Waals surface area contributed by atoms with Gasteiger partial charge in [-0.1, -0.05) is 40.0 Å². The van der Waals surface area contributed by atoms with E-state index in [0.717, 1.165) is 19.1 Å². The van der Waals surface area contributed by atoms with E-state index in [1.54, 1.807) is 0 Å². The standard InChI is InChI=1S/C6H12O.C4H9/c1-2-3-4-5-6-7;1-3-4-2/h6H,2-5H2,1H3;3H,4H2,1-2H3. The Balaban J connectivity index is 0.